The molecule has 0 aliphatic heterocycles. The van der Waals surface area contributed by atoms with Crippen molar-refractivity contribution in [2.24, 2.45) is 0 Å². The Morgan fingerprint density at radius 3 is 2.67 bits per heavy atom. The monoisotopic (exact) mass is 147 g/mol. The van der Waals surface area contributed by atoms with Gasteiger partial charge in [-0.05, 0) is 13.0 Å². The Labute approximate surface area is 63.6 Å². The maximum Gasteiger partial charge on any atom is 0.0573 e. The highest BCUT2D eigenvalue weighted by Gasteiger charge is 1.78. The molecule has 0 aromatic rings. The van der Waals surface area contributed by atoms with E-state index in [4.69, 9.17) is 6.42 Å². The quantitative estimate of drug-likeness (QED) is 0.469. The van der Waals surface area contributed by atoms with E-state index in [-0.39, 0.29) is 12.4 Å². The Balaban J connectivity index is 0. The standard InChI is InChI=1S/C7H13N.ClH/c1-3-5-7-8-6-4-2;/h2,8H,3,5-7H2,1H3;1H. The molecule has 1 N–H and O–H groups in total. The van der Waals surface area contributed by atoms with Crippen LogP contribution >= 0.6 is 12.4 Å². The SMILES string of the molecule is C#CCNCCCC.Cl. The van der Waals surface area contributed by atoms with Gasteiger partial charge in [0.2, 0.25) is 0 Å². The van der Waals surface area contributed by atoms with Crippen LogP contribution in [0.3, 0.4) is 0 Å². The lowest BCUT2D eigenvalue weighted by atomic mass is 10.3. The smallest absolute Gasteiger partial charge is 0.0573 e. The number of nitrogens with one attached hydrogen (secondary N) is 1. The number of unbranched alkanes of at least 4 members (excludes halogenated alkanes) is 1. The fourth-order valence-corrected chi connectivity index (χ4v) is 0.462. The summed E-state index contributed by atoms with van der Waals surface area (Å²) in [5.74, 6) is 2.52. The van der Waals surface area contributed by atoms with Crippen LogP contribution in [0.25, 0.3) is 0 Å². The van der Waals surface area contributed by atoms with Crippen LogP contribution in [-0.2, 0) is 0 Å². The summed E-state index contributed by atoms with van der Waals surface area (Å²) in [6, 6.07) is 0. The van der Waals surface area contributed by atoms with Crippen LogP contribution < -0.4 is 5.32 Å². The third kappa shape index (κ3) is 11.4. The topological polar surface area (TPSA) is 12.0 Å². The van der Waals surface area contributed by atoms with E-state index in [2.05, 4.69) is 18.2 Å². The molecule has 0 bridgehead atoms. The van der Waals surface area contributed by atoms with Crippen molar-refractivity contribution >= 4 is 12.4 Å². The molecule has 0 saturated heterocycles. The minimum absolute atomic E-state index is 0. The number of hydrogen-bond donors (Lipinski definition) is 1. The predicted octanol–water partition coefficient (Wildman–Crippen LogP) is 1.43. The molecule has 0 aliphatic carbocycles. The summed E-state index contributed by atoms with van der Waals surface area (Å²) in [7, 11) is 0. The van der Waals surface area contributed by atoms with Crippen LogP contribution in [0.15, 0.2) is 0 Å². The molecule has 1 nitrogen and oxygen atoms in total. The van der Waals surface area contributed by atoms with Crippen molar-refractivity contribution in [1.29, 1.82) is 0 Å². The van der Waals surface area contributed by atoms with Crippen LogP contribution in [0.5, 0.6) is 0 Å². The van der Waals surface area contributed by atoms with Crippen LogP contribution in [-0.4, -0.2) is 13.1 Å². The molecule has 9 heavy (non-hydrogen) atoms. The zero-order valence-electron chi connectivity index (χ0n) is 5.81. The highest BCUT2D eigenvalue weighted by Crippen LogP contribution is 1.80. The van der Waals surface area contributed by atoms with Gasteiger partial charge in [-0.15, -0.1) is 18.8 Å². The lowest BCUT2D eigenvalue weighted by Crippen LogP contribution is -2.14. The van der Waals surface area contributed by atoms with Crippen molar-refractivity contribution in [3.8, 4) is 12.3 Å². The molecule has 0 aliphatic rings. The van der Waals surface area contributed by atoms with Gasteiger partial charge in [0, 0.05) is 0 Å². The summed E-state index contributed by atoms with van der Waals surface area (Å²) < 4.78 is 0. The van der Waals surface area contributed by atoms with Gasteiger partial charge in [0.25, 0.3) is 0 Å². The Bertz CT molecular complexity index is 75.5. The molecular weight excluding hydrogens is 134 g/mol. The maximum absolute atomic E-state index is 5.00. The molecule has 0 fully saturated rings. The lowest BCUT2D eigenvalue weighted by molar-refractivity contribution is 0.687. The maximum atomic E-state index is 5.00. The van der Waals surface area contributed by atoms with E-state index >= 15 is 0 Å². The van der Waals surface area contributed by atoms with E-state index in [1.807, 2.05) is 0 Å². The average molecular weight is 148 g/mol. The van der Waals surface area contributed by atoms with E-state index in [0.29, 0.717) is 6.54 Å². The number of hydrogen-bond acceptors (Lipinski definition) is 1. The Morgan fingerprint density at radius 2 is 2.22 bits per heavy atom. The summed E-state index contributed by atoms with van der Waals surface area (Å²) in [4.78, 5) is 0. The van der Waals surface area contributed by atoms with Crippen molar-refractivity contribution in [2.75, 3.05) is 13.1 Å². The Hall–Kier alpha value is -0.190. The highest BCUT2D eigenvalue weighted by molar-refractivity contribution is 5.85. The van der Waals surface area contributed by atoms with Crippen molar-refractivity contribution < 1.29 is 0 Å². The average Bonchev–Trinajstić information content (AvgIpc) is 1.81. The Kier molecular flexibility index (Phi) is 13.8. The predicted molar refractivity (Wildman–Crippen MR) is 43.9 cm³/mol. The third-order valence-corrected chi connectivity index (χ3v) is 0.934. The van der Waals surface area contributed by atoms with Crippen LogP contribution in [0.4, 0.5) is 0 Å². The summed E-state index contributed by atoms with van der Waals surface area (Å²) in [6.07, 6.45) is 7.46. The fraction of sp³-hybridized carbons (Fsp3) is 0.714. The first-order valence-electron chi connectivity index (χ1n) is 3.06. The largest absolute Gasteiger partial charge is 0.306 e. The normalized spacial score (nSPS) is 7.56. The molecule has 0 heterocycles. The van der Waals surface area contributed by atoms with E-state index in [0.717, 1.165) is 6.54 Å². The summed E-state index contributed by atoms with van der Waals surface area (Å²) in [6.45, 7) is 3.93. The molecule has 0 aromatic carbocycles. The van der Waals surface area contributed by atoms with Gasteiger partial charge in [-0.3, -0.25) is 0 Å². The molecule has 0 saturated carbocycles. The first-order chi connectivity index (χ1) is 3.91. The molecular formula is C7H14ClN. The second-order valence-corrected chi connectivity index (χ2v) is 1.73. The van der Waals surface area contributed by atoms with Crippen LogP contribution in [0.2, 0.25) is 0 Å². The van der Waals surface area contributed by atoms with Gasteiger partial charge in [0.15, 0.2) is 0 Å². The number of halogens is 1. The zero-order valence-corrected chi connectivity index (χ0v) is 6.63. The first-order valence-corrected chi connectivity index (χ1v) is 3.06. The van der Waals surface area contributed by atoms with Crippen molar-refractivity contribution in [3.05, 3.63) is 0 Å². The van der Waals surface area contributed by atoms with Crippen molar-refractivity contribution in [1.82, 2.24) is 5.32 Å². The van der Waals surface area contributed by atoms with Gasteiger partial charge in [-0.25, -0.2) is 0 Å². The van der Waals surface area contributed by atoms with Crippen LogP contribution in [0, 0.1) is 12.3 Å². The molecule has 54 valence electrons. The van der Waals surface area contributed by atoms with E-state index in [1.54, 1.807) is 0 Å². The second kappa shape index (κ2) is 10.7. The van der Waals surface area contributed by atoms with E-state index in [1.165, 1.54) is 12.8 Å². The molecule has 0 radical (unpaired) electrons. The summed E-state index contributed by atoms with van der Waals surface area (Å²) in [5.41, 5.74) is 0. The van der Waals surface area contributed by atoms with Gasteiger partial charge in [0.05, 0.1) is 6.54 Å². The molecule has 2 heteroatoms. The molecule has 0 spiro atoms. The van der Waals surface area contributed by atoms with E-state index in [9.17, 15) is 0 Å². The second-order valence-electron chi connectivity index (χ2n) is 1.73. The highest BCUT2D eigenvalue weighted by atomic mass is 35.5. The van der Waals surface area contributed by atoms with Gasteiger partial charge in [-0.1, -0.05) is 19.3 Å². The molecule has 0 aromatic heterocycles. The van der Waals surface area contributed by atoms with Crippen molar-refractivity contribution in [2.45, 2.75) is 19.8 Å². The van der Waals surface area contributed by atoms with Crippen LogP contribution in [0.1, 0.15) is 19.8 Å². The zero-order chi connectivity index (χ0) is 6.24. The Morgan fingerprint density at radius 1 is 1.56 bits per heavy atom. The molecule has 0 amide bonds. The fourth-order valence-electron chi connectivity index (χ4n) is 0.462. The van der Waals surface area contributed by atoms with Gasteiger partial charge >= 0.3 is 0 Å². The summed E-state index contributed by atoms with van der Waals surface area (Å²) >= 11 is 0. The van der Waals surface area contributed by atoms with Gasteiger partial charge in [-0.2, -0.15) is 0 Å². The third-order valence-electron chi connectivity index (χ3n) is 0.934. The number of terminal acetylenes is 1. The molecule has 0 rings (SSSR count). The molecule has 0 atom stereocenters. The summed E-state index contributed by atoms with van der Waals surface area (Å²) in [5, 5.41) is 3.10. The van der Waals surface area contributed by atoms with Gasteiger partial charge < -0.3 is 5.32 Å². The number of rotatable bonds is 4. The molecule has 0 unspecified atom stereocenters. The van der Waals surface area contributed by atoms with Crippen molar-refractivity contribution in [3.63, 3.8) is 0 Å². The van der Waals surface area contributed by atoms with Gasteiger partial charge in [0.1, 0.15) is 0 Å². The lowest BCUT2D eigenvalue weighted by Gasteiger charge is -1.94. The first kappa shape index (κ1) is 11.6. The van der Waals surface area contributed by atoms with E-state index < -0.39 is 0 Å². The minimum atomic E-state index is 0. The minimum Gasteiger partial charge on any atom is -0.306 e.